The van der Waals surface area contributed by atoms with Gasteiger partial charge in [-0.3, -0.25) is 14.3 Å². The van der Waals surface area contributed by atoms with Crippen molar-refractivity contribution in [3.05, 3.63) is 33.1 Å². The van der Waals surface area contributed by atoms with Crippen LogP contribution >= 0.6 is 11.6 Å². The summed E-state index contributed by atoms with van der Waals surface area (Å²) in [7, 11) is -4.39. The van der Waals surface area contributed by atoms with Gasteiger partial charge in [0.25, 0.3) is 5.56 Å². The third-order valence-corrected chi connectivity index (χ3v) is 16.9. The van der Waals surface area contributed by atoms with E-state index in [-0.39, 0.29) is 16.7 Å². The molecule has 1 unspecified atom stereocenters. The van der Waals surface area contributed by atoms with Crippen LogP contribution in [-0.4, -0.2) is 51.1 Å². The lowest BCUT2D eigenvalue weighted by Gasteiger charge is -2.46. The maximum absolute atomic E-state index is 12.7. The minimum Gasteiger partial charge on any atom is -0.414 e. The lowest BCUT2D eigenvalue weighted by Crippen LogP contribution is -2.60. The van der Waals surface area contributed by atoms with E-state index in [0.717, 1.165) is 0 Å². The summed E-state index contributed by atoms with van der Waals surface area (Å²) < 4.78 is 21.0. The topological polar surface area (TPSA) is 82.5 Å². The van der Waals surface area contributed by atoms with Crippen LogP contribution in [0.5, 0.6) is 0 Å². The minimum absolute atomic E-state index is 0.0334. The fraction of sp³-hybridized carbons (Fsp3) is 0.818. The molecule has 1 aromatic heterocycles. The second-order valence-corrected chi connectivity index (χ2v) is 22.4. The first kappa shape index (κ1) is 27.5. The van der Waals surface area contributed by atoms with Gasteiger partial charge in [-0.15, -0.1) is 0 Å². The molecule has 0 aliphatic carbocycles. The van der Waals surface area contributed by atoms with E-state index in [1.165, 1.54) is 16.8 Å². The van der Waals surface area contributed by atoms with Crippen molar-refractivity contribution in [1.82, 2.24) is 9.55 Å². The zero-order valence-corrected chi connectivity index (χ0v) is 24.3. The standard InChI is InChI=1S/C22H41ClN2O5Si2/c1-19(2,3)31(8,9)29-14-21(7)17(30-32(10,11)20(4,5)6)22(23,15-28-21)25-13-12-16(26)24-18(25)27/h12-13,17H,14-15H2,1-11H3,(H,24,26,27)/t17?,21-,22-/m1/s1. The zero-order chi connectivity index (χ0) is 25.0. The molecule has 32 heavy (non-hydrogen) atoms. The van der Waals surface area contributed by atoms with Crippen LogP contribution in [0.25, 0.3) is 0 Å². The summed E-state index contributed by atoms with van der Waals surface area (Å²) in [5.41, 5.74) is -1.94. The van der Waals surface area contributed by atoms with E-state index in [1.807, 2.05) is 6.92 Å². The van der Waals surface area contributed by atoms with Gasteiger partial charge in [0.2, 0.25) is 0 Å². The Balaban J connectivity index is 2.55. The number of hydrogen-bond acceptors (Lipinski definition) is 5. The molecule has 0 saturated carbocycles. The Labute approximate surface area is 199 Å². The highest BCUT2D eigenvalue weighted by molar-refractivity contribution is 6.74. The molecule has 2 heterocycles. The van der Waals surface area contributed by atoms with Crippen molar-refractivity contribution >= 4 is 28.2 Å². The summed E-state index contributed by atoms with van der Waals surface area (Å²) in [5, 5.41) is -0.0454. The average molecular weight is 505 g/mol. The van der Waals surface area contributed by atoms with Crippen molar-refractivity contribution in [3.63, 3.8) is 0 Å². The fourth-order valence-electron chi connectivity index (χ4n) is 3.14. The van der Waals surface area contributed by atoms with Crippen molar-refractivity contribution < 1.29 is 13.6 Å². The molecule has 1 aromatic rings. The number of hydrogen-bond donors (Lipinski definition) is 1. The van der Waals surface area contributed by atoms with Gasteiger partial charge in [-0.1, -0.05) is 53.1 Å². The predicted molar refractivity (Wildman–Crippen MR) is 135 cm³/mol. The van der Waals surface area contributed by atoms with E-state index in [1.54, 1.807) is 0 Å². The third kappa shape index (κ3) is 5.17. The molecule has 0 amide bonds. The molecule has 3 atom stereocenters. The smallest absolute Gasteiger partial charge is 0.329 e. The Morgan fingerprint density at radius 3 is 2.12 bits per heavy atom. The number of nitrogens with one attached hydrogen (secondary N) is 1. The normalized spacial score (nSPS) is 27.7. The van der Waals surface area contributed by atoms with Crippen molar-refractivity contribution in [2.45, 2.75) is 101 Å². The number of alkyl halides is 1. The van der Waals surface area contributed by atoms with Gasteiger partial charge < -0.3 is 13.6 Å². The van der Waals surface area contributed by atoms with Crippen molar-refractivity contribution in [2.75, 3.05) is 13.2 Å². The Morgan fingerprint density at radius 1 is 1.12 bits per heavy atom. The van der Waals surface area contributed by atoms with Crippen molar-refractivity contribution in [2.24, 2.45) is 0 Å². The number of aromatic amines is 1. The molecule has 1 saturated heterocycles. The average Bonchev–Trinajstić information content (AvgIpc) is 2.84. The number of ether oxygens (including phenoxy) is 1. The maximum Gasteiger partial charge on any atom is 0.329 e. The molecule has 0 bridgehead atoms. The molecule has 1 aliphatic heterocycles. The highest BCUT2D eigenvalue weighted by atomic mass is 35.5. The summed E-state index contributed by atoms with van der Waals surface area (Å²) in [6.07, 6.45) is 0.755. The highest BCUT2D eigenvalue weighted by Gasteiger charge is 2.61. The SMILES string of the molecule is CC(C)(C)[Si](C)(C)OC[C@@]1(C)OC[C@@](Cl)(n2ccc(=O)[nH]c2=O)C1O[Si](C)(C)C(C)(C)C. The molecule has 2 rings (SSSR count). The second kappa shape index (κ2) is 8.50. The van der Waals surface area contributed by atoms with Gasteiger partial charge in [0.15, 0.2) is 21.6 Å². The van der Waals surface area contributed by atoms with Crippen molar-refractivity contribution in [3.8, 4) is 0 Å². The van der Waals surface area contributed by atoms with Crippen LogP contribution in [0.2, 0.25) is 36.3 Å². The molecule has 0 spiro atoms. The van der Waals surface area contributed by atoms with Gasteiger partial charge in [0, 0.05) is 12.3 Å². The molecule has 0 radical (unpaired) electrons. The van der Waals surface area contributed by atoms with Crippen LogP contribution in [0, 0.1) is 0 Å². The van der Waals surface area contributed by atoms with E-state index in [2.05, 4.69) is 72.7 Å². The number of halogens is 1. The summed E-state index contributed by atoms with van der Waals surface area (Å²) in [6.45, 7) is 24.0. The Bertz CT molecular complexity index is 947. The van der Waals surface area contributed by atoms with Crippen LogP contribution < -0.4 is 11.2 Å². The largest absolute Gasteiger partial charge is 0.414 e. The maximum atomic E-state index is 12.7. The second-order valence-electron chi connectivity index (χ2n) is 12.2. The van der Waals surface area contributed by atoms with Gasteiger partial charge in [0.1, 0.15) is 11.7 Å². The molecular weight excluding hydrogens is 464 g/mol. The molecule has 1 N–H and O–H groups in total. The van der Waals surface area contributed by atoms with Crippen LogP contribution in [-0.2, 0) is 18.6 Å². The van der Waals surface area contributed by atoms with Crippen LogP contribution in [0.3, 0.4) is 0 Å². The zero-order valence-electron chi connectivity index (χ0n) is 21.5. The molecule has 10 heteroatoms. The summed E-state index contributed by atoms with van der Waals surface area (Å²) in [6, 6.07) is 1.29. The Hall–Kier alpha value is -0.716. The van der Waals surface area contributed by atoms with Crippen molar-refractivity contribution in [1.29, 1.82) is 0 Å². The van der Waals surface area contributed by atoms with E-state index < -0.39 is 44.6 Å². The molecule has 1 aliphatic rings. The Kier molecular flexibility index (Phi) is 7.31. The van der Waals surface area contributed by atoms with Crippen LogP contribution in [0.4, 0.5) is 0 Å². The van der Waals surface area contributed by atoms with Gasteiger partial charge in [-0.05, 0) is 43.2 Å². The fourth-order valence-corrected chi connectivity index (χ4v) is 6.14. The predicted octanol–water partition coefficient (Wildman–Crippen LogP) is 4.63. The highest BCUT2D eigenvalue weighted by Crippen LogP contribution is 2.48. The summed E-state index contributed by atoms with van der Waals surface area (Å²) in [4.78, 5) is 25.3. The van der Waals surface area contributed by atoms with Crippen LogP contribution in [0.1, 0.15) is 48.5 Å². The number of nitrogens with zero attached hydrogens (tertiary/aromatic N) is 1. The molecular formula is C22H41ClN2O5Si2. The minimum atomic E-state index is -2.32. The van der Waals surface area contributed by atoms with Gasteiger partial charge in [-0.25, -0.2) is 4.79 Å². The Morgan fingerprint density at radius 2 is 1.66 bits per heavy atom. The summed E-state index contributed by atoms with van der Waals surface area (Å²) in [5.74, 6) is 0. The summed E-state index contributed by atoms with van der Waals surface area (Å²) >= 11 is 7.17. The third-order valence-electron chi connectivity index (χ3n) is 7.53. The molecule has 1 fully saturated rings. The number of rotatable bonds is 6. The van der Waals surface area contributed by atoms with E-state index in [9.17, 15) is 9.59 Å². The lowest BCUT2D eigenvalue weighted by atomic mass is 9.97. The number of aromatic nitrogens is 2. The quantitative estimate of drug-likeness (QED) is 0.451. The molecule has 0 aromatic carbocycles. The first-order valence-corrected chi connectivity index (χ1v) is 17.3. The van der Waals surface area contributed by atoms with Crippen LogP contribution in [0.15, 0.2) is 21.9 Å². The van der Waals surface area contributed by atoms with E-state index in [4.69, 9.17) is 25.2 Å². The van der Waals surface area contributed by atoms with Gasteiger partial charge >= 0.3 is 5.69 Å². The molecule has 184 valence electrons. The first-order chi connectivity index (χ1) is 14.2. The lowest BCUT2D eigenvalue weighted by molar-refractivity contribution is -0.0711. The van der Waals surface area contributed by atoms with E-state index in [0.29, 0.717) is 6.61 Å². The number of H-pyrrole nitrogens is 1. The monoisotopic (exact) mass is 504 g/mol. The van der Waals surface area contributed by atoms with E-state index >= 15 is 0 Å². The van der Waals surface area contributed by atoms with Gasteiger partial charge in [-0.2, -0.15) is 0 Å². The first-order valence-electron chi connectivity index (χ1n) is 11.1. The van der Waals surface area contributed by atoms with Gasteiger partial charge in [0.05, 0.1) is 13.2 Å². The molecule has 7 nitrogen and oxygen atoms in total.